The molecule has 1 unspecified atom stereocenters. The third-order valence-electron chi connectivity index (χ3n) is 3.27. The summed E-state index contributed by atoms with van der Waals surface area (Å²) >= 11 is 1.43. The van der Waals surface area contributed by atoms with Crippen molar-refractivity contribution in [2.45, 2.75) is 45.1 Å². The highest BCUT2D eigenvalue weighted by molar-refractivity contribution is 7.05. The molecule has 78 valence electrons. The second-order valence-electron chi connectivity index (χ2n) is 4.65. The number of rotatable bonds is 3. The first-order valence-electron chi connectivity index (χ1n) is 5.22. The quantitative estimate of drug-likeness (QED) is 0.835. The van der Waals surface area contributed by atoms with E-state index in [2.05, 4.69) is 16.5 Å². The smallest absolute Gasteiger partial charge is 0.0669 e. The van der Waals surface area contributed by atoms with Crippen LogP contribution in [0.4, 0.5) is 0 Å². The van der Waals surface area contributed by atoms with Gasteiger partial charge in [0.2, 0.25) is 0 Å². The minimum atomic E-state index is 0.137. The maximum absolute atomic E-state index is 6.13. The van der Waals surface area contributed by atoms with Crippen molar-refractivity contribution in [2.24, 2.45) is 11.1 Å². The Morgan fingerprint density at radius 1 is 1.57 bits per heavy atom. The predicted octanol–water partition coefficient (Wildman–Crippen LogP) is 2.51. The fourth-order valence-electron chi connectivity index (χ4n) is 2.40. The molecule has 3 nitrogen and oxygen atoms in total. The molecule has 1 aromatic heterocycles. The van der Waals surface area contributed by atoms with Crippen LogP contribution < -0.4 is 5.73 Å². The molecule has 0 saturated heterocycles. The Kier molecular flexibility index (Phi) is 2.83. The molecule has 0 amide bonds. The minimum Gasteiger partial charge on any atom is -0.323 e. The Hall–Kier alpha value is -0.480. The molecular weight excluding hydrogens is 194 g/mol. The molecule has 1 aliphatic carbocycles. The molecular formula is C10H17N3S. The summed E-state index contributed by atoms with van der Waals surface area (Å²) in [5, 5.41) is 3.83. The second kappa shape index (κ2) is 3.95. The van der Waals surface area contributed by atoms with Gasteiger partial charge in [0.15, 0.2) is 0 Å². The van der Waals surface area contributed by atoms with E-state index >= 15 is 0 Å². The van der Waals surface area contributed by atoms with Gasteiger partial charge in [0.25, 0.3) is 0 Å². The van der Waals surface area contributed by atoms with Crippen molar-refractivity contribution in [3.05, 3.63) is 11.1 Å². The van der Waals surface area contributed by atoms with Gasteiger partial charge in [-0.3, -0.25) is 0 Å². The van der Waals surface area contributed by atoms with Crippen LogP contribution in [0.25, 0.3) is 0 Å². The number of aromatic nitrogens is 2. The first-order chi connectivity index (χ1) is 6.70. The van der Waals surface area contributed by atoms with Crippen molar-refractivity contribution in [2.75, 3.05) is 0 Å². The van der Waals surface area contributed by atoms with Crippen LogP contribution in [0.1, 0.15) is 49.9 Å². The largest absolute Gasteiger partial charge is 0.323 e. The Morgan fingerprint density at radius 2 is 2.29 bits per heavy atom. The Balaban J connectivity index is 1.97. The van der Waals surface area contributed by atoms with Crippen LogP contribution in [-0.2, 0) is 0 Å². The lowest BCUT2D eigenvalue weighted by molar-refractivity contribution is 0.284. The van der Waals surface area contributed by atoms with Gasteiger partial charge in [0.05, 0.1) is 11.1 Å². The lowest BCUT2D eigenvalue weighted by Gasteiger charge is -2.26. The molecule has 1 aliphatic rings. The zero-order valence-corrected chi connectivity index (χ0v) is 9.39. The Labute approximate surface area is 88.9 Å². The first-order valence-corrected chi connectivity index (χ1v) is 6.00. The van der Waals surface area contributed by atoms with Crippen LogP contribution in [0.15, 0.2) is 6.20 Å². The van der Waals surface area contributed by atoms with E-state index in [0.717, 1.165) is 11.3 Å². The third kappa shape index (κ3) is 2.12. The molecule has 1 saturated carbocycles. The molecule has 0 bridgehead atoms. The molecule has 0 aromatic carbocycles. The SMILES string of the molecule is CC1(CC(N)c2cnns2)CCCC1. The number of hydrogen-bond donors (Lipinski definition) is 1. The maximum Gasteiger partial charge on any atom is 0.0669 e. The molecule has 2 rings (SSSR count). The molecule has 0 aliphatic heterocycles. The summed E-state index contributed by atoms with van der Waals surface area (Å²) < 4.78 is 3.85. The van der Waals surface area contributed by atoms with E-state index in [0.29, 0.717) is 5.41 Å². The van der Waals surface area contributed by atoms with Gasteiger partial charge < -0.3 is 5.73 Å². The Bertz CT molecular complexity index is 278. The molecule has 1 atom stereocenters. The van der Waals surface area contributed by atoms with Crippen molar-refractivity contribution >= 4 is 11.5 Å². The monoisotopic (exact) mass is 211 g/mol. The average Bonchev–Trinajstić information content (AvgIpc) is 2.74. The van der Waals surface area contributed by atoms with Gasteiger partial charge in [-0.15, -0.1) is 5.10 Å². The highest BCUT2D eigenvalue weighted by Gasteiger charge is 2.31. The van der Waals surface area contributed by atoms with E-state index < -0.39 is 0 Å². The second-order valence-corrected chi connectivity index (χ2v) is 5.47. The van der Waals surface area contributed by atoms with E-state index in [1.165, 1.54) is 37.2 Å². The molecule has 0 radical (unpaired) electrons. The van der Waals surface area contributed by atoms with Crippen LogP contribution in [-0.4, -0.2) is 9.59 Å². The normalized spacial score (nSPS) is 22.4. The van der Waals surface area contributed by atoms with Crippen LogP contribution in [0.5, 0.6) is 0 Å². The fraction of sp³-hybridized carbons (Fsp3) is 0.800. The van der Waals surface area contributed by atoms with E-state index in [1.807, 2.05) is 0 Å². The van der Waals surface area contributed by atoms with Crippen molar-refractivity contribution in [3.63, 3.8) is 0 Å². The number of nitrogens with two attached hydrogens (primary N) is 1. The van der Waals surface area contributed by atoms with Gasteiger partial charge in [-0.2, -0.15) is 0 Å². The minimum absolute atomic E-state index is 0.137. The zero-order chi connectivity index (χ0) is 10.0. The summed E-state index contributed by atoms with van der Waals surface area (Å²) in [5.41, 5.74) is 6.60. The van der Waals surface area contributed by atoms with Gasteiger partial charge in [0, 0.05) is 6.04 Å². The van der Waals surface area contributed by atoms with Crippen molar-refractivity contribution < 1.29 is 0 Å². The topological polar surface area (TPSA) is 51.8 Å². The molecule has 1 aromatic rings. The summed E-state index contributed by atoms with van der Waals surface area (Å²) in [5.74, 6) is 0. The fourth-order valence-corrected chi connectivity index (χ4v) is 2.90. The summed E-state index contributed by atoms with van der Waals surface area (Å²) in [4.78, 5) is 1.12. The summed E-state index contributed by atoms with van der Waals surface area (Å²) in [7, 11) is 0. The van der Waals surface area contributed by atoms with Gasteiger partial charge in [0.1, 0.15) is 0 Å². The summed E-state index contributed by atoms with van der Waals surface area (Å²) in [6.07, 6.45) is 8.26. The van der Waals surface area contributed by atoms with Gasteiger partial charge >= 0.3 is 0 Å². The van der Waals surface area contributed by atoms with Crippen molar-refractivity contribution in [3.8, 4) is 0 Å². The molecule has 14 heavy (non-hydrogen) atoms. The van der Waals surface area contributed by atoms with Crippen LogP contribution >= 0.6 is 11.5 Å². The van der Waals surface area contributed by atoms with Gasteiger partial charge in [-0.1, -0.05) is 24.3 Å². The molecule has 1 fully saturated rings. The standard InChI is InChI=1S/C10H17N3S/c1-10(4-2-3-5-10)6-8(11)9-7-12-13-14-9/h7-8H,2-6,11H2,1H3. The van der Waals surface area contributed by atoms with Crippen molar-refractivity contribution in [1.29, 1.82) is 0 Å². The summed E-state index contributed by atoms with van der Waals surface area (Å²) in [6, 6.07) is 0.137. The van der Waals surface area contributed by atoms with Crippen LogP contribution in [0.2, 0.25) is 0 Å². The van der Waals surface area contributed by atoms with Gasteiger partial charge in [-0.05, 0) is 36.2 Å². The molecule has 2 N–H and O–H groups in total. The third-order valence-corrected chi connectivity index (χ3v) is 4.06. The maximum atomic E-state index is 6.13. The summed E-state index contributed by atoms with van der Waals surface area (Å²) in [6.45, 7) is 2.36. The lowest BCUT2D eigenvalue weighted by atomic mass is 9.82. The Morgan fingerprint density at radius 3 is 2.86 bits per heavy atom. The lowest BCUT2D eigenvalue weighted by Crippen LogP contribution is -2.20. The molecule has 0 spiro atoms. The molecule has 4 heteroatoms. The molecule has 1 heterocycles. The average molecular weight is 211 g/mol. The van der Waals surface area contributed by atoms with E-state index in [9.17, 15) is 0 Å². The predicted molar refractivity (Wildman–Crippen MR) is 58.0 cm³/mol. The number of hydrogen-bond acceptors (Lipinski definition) is 4. The first kappa shape index (κ1) is 10.1. The van der Waals surface area contributed by atoms with E-state index in [1.54, 1.807) is 6.20 Å². The van der Waals surface area contributed by atoms with Crippen LogP contribution in [0.3, 0.4) is 0 Å². The van der Waals surface area contributed by atoms with Gasteiger partial charge in [-0.25, -0.2) is 0 Å². The zero-order valence-electron chi connectivity index (χ0n) is 8.57. The van der Waals surface area contributed by atoms with Crippen molar-refractivity contribution in [1.82, 2.24) is 9.59 Å². The van der Waals surface area contributed by atoms with Crippen LogP contribution in [0, 0.1) is 5.41 Å². The highest BCUT2D eigenvalue weighted by Crippen LogP contribution is 2.43. The number of nitrogens with zero attached hydrogens (tertiary/aromatic N) is 2. The highest BCUT2D eigenvalue weighted by atomic mass is 32.1. The van der Waals surface area contributed by atoms with E-state index in [4.69, 9.17) is 5.73 Å². The van der Waals surface area contributed by atoms with E-state index in [-0.39, 0.29) is 6.04 Å².